The highest BCUT2D eigenvalue weighted by atomic mass is 16.5. The van der Waals surface area contributed by atoms with E-state index in [4.69, 9.17) is 4.74 Å². The number of nitrogens with one attached hydrogen (secondary N) is 2. The first-order chi connectivity index (χ1) is 14.7. The van der Waals surface area contributed by atoms with E-state index in [2.05, 4.69) is 16.4 Å². The number of ether oxygens (including phenoxy) is 1. The smallest absolute Gasteiger partial charge is 0.258 e. The quantitative estimate of drug-likeness (QED) is 0.363. The van der Waals surface area contributed by atoms with Crippen LogP contribution in [-0.4, -0.2) is 12.1 Å². The van der Waals surface area contributed by atoms with Crippen molar-refractivity contribution >= 4 is 33.1 Å². The summed E-state index contributed by atoms with van der Waals surface area (Å²) >= 11 is 0. The Balaban J connectivity index is 1.80. The van der Waals surface area contributed by atoms with Gasteiger partial charge in [-0.3, -0.25) is 4.79 Å². The zero-order chi connectivity index (χ0) is 20.5. The summed E-state index contributed by atoms with van der Waals surface area (Å²) in [5, 5.41) is 6.02. The Hall–Kier alpha value is -4.05. The van der Waals surface area contributed by atoms with Crippen LogP contribution < -0.4 is 15.6 Å². The lowest BCUT2D eigenvalue weighted by atomic mass is 9.97. The molecule has 0 fully saturated rings. The van der Waals surface area contributed by atoms with Crippen molar-refractivity contribution in [1.82, 2.24) is 4.98 Å². The molecule has 4 aromatic carbocycles. The van der Waals surface area contributed by atoms with Gasteiger partial charge in [0.1, 0.15) is 5.75 Å². The third kappa shape index (κ3) is 3.18. The van der Waals surface area contributed by atoms with Crippen LogP contribution in [0.1, 0.15) is 0 Å². The first-order valence-electron chi connectivity index (χ1n) is 9.78. The van der Waals surface area contributed by atoms with Gasteiger partial charge in [-0.05, 0) is 59.0 Å². The van der Waals surface area contributed by atoms with Crippen molar-refractivity contribution in [2.45, 2.75) is 0 Å². The van der Waals surface area contributed by atoms with E-state index in [1.807, 2.05) is 84.9 Å². The summed E-state index contributed by atoms with van der Waals surface area (Å²) in [5.41, 5.74) is 4.50. The van der Waals surface area contributed by atoms with E-state index in [0.29, 0.717) is 5.39 Å². The fourth-order valence-corrected chi connectivity index (χ4v) is 3.84. The summed E-state index contributed by atoms with van der Waals surface area (Å²) in [6, 6.07) is 29.8. The highest BCUT2D eigenvalue weighted by Gasteiger charge is 2.13. The second kappa shape index (κ2) is 7.41. The van der Waals surface area contributed by atoms with Crippen molar-refractivity contribution < 1.29 is 4.74 Å². The number of benzene rings is 4. The molecular formula is C26H20N2O2. The Morgan fingerprint density at radius 3 is 2.27 bits per heavy atom. The number of pyridine rings is 1. The molecule has 0 bridgehead atoms. The minimum Gasteiger partial charge on any atom is -0.497 e. The van der Waals surface area contributed by atoms with E-state index in [-0.39, 0.29) is 5.56 Å². The molecular weight excluding hydrogens is 372 g/mol. The molecule has 4 nitrogen and oxygen atoms in total. The van der Waals surface area contributed by atoms with Crippen molar-refractivity contribution in [3.8, 4) is 16.9 Å². The largest absolute Gasteiger partial charge is 0.497 e. The number of aromatic amines is 1. The van der Waals surface area contributed by atoms with Crippen LogP contribution in [0.5, 0.6) is 5.75 Å². The molecule has 0 amide bonds. The van der Waals surface area contributed by atoms with Crippen LogP contribution in [0.2, 0.25) is 0 Å². The van der Waals surface area contributed by atoms with Gasteiger partial charge >= 0.3 is 0 Å². The molecule has 0 saturated carbocycles. The number of fused-ring (bicyclic) bond motifs is 3. The Morgan fingerprint density at radius 1 is 0.767 bits per heavy atom. The van der Waals surface area contributed by atoms with Gasteiger partial charge in [-0.1, -0.05) is 48.5 Å². The Labute approximate surface area is 173 Å². The highest BCUT2D eigenvalue weighted by molar-refractivity contribution is 6.11. The average molecular weight is 392 g/mol. The van der Waals surface area contributed by atoms with E-state index < -0.39 is 0 Å². The highest BCUT2D eigenvalue weighted by Crippen LogP contribution is 2.34. The summed E-state index contributed by atoms with van der Waals surface area (Å²) in [5.74, 6) is 0.809. The minimum absolute atomic E-state index is 0.108. The molecule has 0 aliphatic rings. The lowest BCUT2D eigenvalue weighted by Gasteiger charge is -2.14. The summed E-state index contributed by atoms with van der Waals surface area (Å²) in [7, 11) is 1.66. The predicted octanol–water partition coefficient (Wildman–Crippen LogP) is 6.10. The summed E-state index contributed by atoms with van der Waals surface area (Å²) in [6.07, 6.45) is 0. The number of hydrogen-bond donors (Lipinski definition) is 2. The molecule has 1 aromatic heterocycles. The molecule has 1 heterocycles. The second-order valence-electron chi connectivity index (χ2n) is 7.17. The fraction of sp³-hybridized carbons (Fsp3) is 0.0385. The van der Waals surface area contributed by atoms with Gasteiger partial charge in [0.15, 0.2) is 0 Å². The van der Waals surface area contributed by atoms with Gasteiger partial charge in [-0.15, -0.1) is 0 Å². The molecule has 4 heteroatoms. The maximum Gasteiger partial charge on any atom is 0.258 e. The number of H-pyrrole nitrogens is 1. The van der Waals surface area contributed by atoms with Crippen molar-refractivity contribution in [2.75, 3.05) is 12.4 Å². The zero-order valence-electron chi connectivity index (χ0n) is 16.5. The molecule has 0 spiro atoms. The molecule has 0 radical (unpaired) electrons. The Bertz CT molecular complexity index is 1400. The Kier molecular flexibility index (Phi) is 4.45. The molecule has 5 aromatic rings. The van der Waals surface area contributed by atoms with Crippen molar-refractivity contribution in [3.05, 3.63) is 101 Å². The topological polar surface area (TPSA) is 54.1 Å². The standard InChI is InChI=1S/C26H20N2O2/c1-30-20-13-11-17(12-14-20)18-15-22-21-9-5-6-10-23(21)28-26(29)25(22)24(16-18)27-19-7-3-2-4-8-19/h2-16,27H,1H3,(H,28,29). The first-order valence-corrected chi connectivity index (χ1v) is 9.78. The van der Waals surface area contributed by atoms with E-state index in [0.717, 1.165) is 44.5 Å². The van der Waals surface area contributed by atoms with Crippen LogP contribution >= 0.6 is 0 Å². The molecule has 0 atom stereocenters. The monoisotopic (exact) mass is 392 g/mol. The average Bonchev–Trinajstić information content (AvgIpc) is 2.79. The predicted molar refractivity (Wildman–Crippen MR) is 124 cm³/mol. The van der Waals surface area contributed by atoms with Crippen LogP contribution in [0.3, 0.4) is 0 Å². The molecule has 5 rings (SSSR count). The summed E-state index contributed by atoms with van der Waals surface area (Å²) in [4.78, 5) is 16.0. The van der Waals surface area contributed by atoms with Crippen molar-refractivity contribution in [3.63, 3.8) is 0 Å². The fourth-order valence-electron chi connectivity index (χ4n) is 3.84. The number of para-hydroxylation sites is 2. The van der Waals surface area contributed by atoms with Gasteiger partial charge in [-0.2, -0.15) is 0 Å². The van der Waals surface area contributed by atoms with Crippen LogP contribution in [0, 0.1) is 0 Å². The Morgan fingerprint density at radius 2 is 1.50 bits per heavy atom. The lowest BCUT2D eigenvalue weighted by molar-refractivity contribution is 0.415. The van der Waals surface area contributed by atoms with Crippen molar-refractivity contribution in [2.24, 2.45) is 0 Å². The summed E-state index contributed by atoms with van der Waals surface area (Å²) < 4.78 is 5.29. The van der Waals surface area contributed by atoms with E-state index in [9.17, 15) is 4.79 Å². The van der Waals surface area contributed by atoms with Gasteiger partial charge in [0.25, 0.3) is 5.56 Å². The first kappa shape index (κ1) is 18.0. The van der Waals surface area contributed by atoms with Gasteiger partial charge in [0.2, 0.25) is 0 Å². The molecule has 0 saturated heterocycles. The van der Waals surface area contributed by atoms with Gasteiger partial charge in [-0.25, -0.2) is 0 Å². The number of rotatable bonds is 4. The second-order valence-corrected chi connectivity index (χ2v) is 7.17. The van der Waals surface area contributed by atoms with Crippen LogP contribution in [-0.2, 0) is 0 Å². The van der Waals surface area contributed by atoms with Gasteiger partial charge in [0.05, 0.1) is 18.2 Å². The van der Waals surface area contributed by atoms with Crippen LogP contribution in [0.4, 0.5) is 11.4 Å². The molecule has 30 heavy (non-hydrogen) atoms. The third-order valence-electron chi connectivity index (χ3n) is 5.31. The van der Waals surface area contributed by atoms with E-state index in [1.165, 1.54) is 0 Å². The molecule has 146 valence electrons. The zero-order valence-corrected chi connectivity index (χ0v) is 16.5. The normalized spacial score (nSPS) is 11.0. The number of anilines is 2. The van der Waals surface area contributed by atoms with Crippen LogP contribution in [0.15, 0.2) is 95.8 Å². The molecule has 0 aliphatic heterocycles. The van der Waals surface area contributed by atoms with Crippen molar-refractivity contribution in [1.29, 1.82) is 0 Å². The van der Waals surface area contributed by atoms with E-state index >= 15 is 0 Å². The number of hydrogen-bond acceptors (Lipinski definition) is 3. The maximum atomic E-state index is 13.0. The minimum atomic E-state index is -0.108. The van der Waals surface area contributed by atoms with Crippen LogP contribution in [0.25, 0.3) is 32.8 Å². The molecule has 0 unspecified atom stereocenters. The lowest BCUT2D eigenvalue weighted by Crippen LogP contribution is -2.09. The molecule has 2 N–H and O–H groups in total. The maximum absolute atomic E-state index is 13.0. The van der Waals surface area contributed by atoms with Gasteiger partial charge < -0.3 is 15.0 Å². The molecule has 0 aliphatic carbocycles. The summed E-state index contributed by atoms with van der Waals surface area (Å²) in [6.45, 7) is 0. The third-order valence-corrected chi connectivity index (χ3v) is 5.31. The van der Waals surface area contributed by atoms with E-state index in [1.54, 1.807) is 7.11 Å². The SMILES string of the molecule is COc1ccc(-c2cc(Nc3ccccc3)c3c(=O)[nH]c4ccccc4c3c2)cc1. The van der Waals surface area contributed by atoms with Gasteiger partial charge in [0, 0.05) is 16.6 Å². The number of methoxy groups -OCH3 is 1. The number of aromatic nitrogens is 1.